The third-order valence-electron chi connectivity index (χ3n) is 10.4. The second kappa shape index (κ2) is 12.5. The first kappa shape index (κ1) is 30.0. The number of hydrogen-bond donors (Lipinski definition) is 1. The van der Waals surface area contributed by atoms with Gasteiger partial charge in [0.25, 0.3) is 0 Å². The molecule has 52 heavy (non-hydrogen) atoms. The van der Waals surface area contributed by atoms with Crippen LogP contribution in [0.25, 0.3) is 82.4 Å². The van der Waals surface area contributed by atoms with Crippen LogP contribution >= 0.6 is 0 Å². The first-order chi connectivity index (χ1) is 25.8. The average molecular weight is 663 g/mol. The molecule has 1 heterocycles. The van der Waals surface area contributed by atoms with Crippen molar-refractivity contribution in [1.82, 2.24) is 4.57 Å². The monoisotopic (exact) mass is 662 g/mol. The Morgan fingerprint density at radius 2 is 0.981 bits per heavy atom. The number of hydrogen-bond acceptors (Lipinski definition) is 1. The van der Waals surface area contributed by atoms with Crippen LogP contribution in [0.15, 0.2) is 200 Å². The van der Waals surface area contributed by atoms with Gasteiger partial charge in [-0.15, -0.1) is 0 Å². The Morgan fingerprint density at radius 3 is 1.73 bits per heavy atom. The summed E-state index contributed by atoms with van der Waals surface area (Å²) in [5.74, 6) is 0. The zero-order chi connectivity index (χ0) is 34.4. The number of benzene rings is 9. The molecular weight excluding hydrogens is 629 g/mol. The molecule has 0 atom stereocenters. The highest BCUT2D eigenvalue weighted by molar-refractivity contribution is 6.17. The summed E-state index contributed by atoms with van der Waals surface area (Å²) in [7, 11) is 0. The van der Waals surface area contributed by atoms with Gasteiger partial charge in [0.2, 0.25) is 0 Å². The van der Waals surface area contributed by atoms with Crippen LogP contribution in [-0.4, -0.2) is 4.57 Å². The lowest BCUT2D eigenvalue weighted by Crippen LogP contribution is -2.00. The number of aromatic nitrogens is 1. The first-order valence-corrected chi connectivity index (χ1v) is 17.9. The van der Waals surface area contributed by atoms with Crippen molar-refractivity contribution in [3.05, 3.63) is 200 Å². The largest absolute Gasteiger partial charge is 0.353 e. The van der Waals surface area contributed by atoms with E-state index in [-0.39, 0.29) is 0 Å². The van der Waals surface area contributed by atoms with Gasteiger partial charge in [-0.05, 0) is 85.8 Å². The normalized spacial score (nSPS) is 11.5. The molecular formula is C50H34N2. The summed E-state index contributed by atoms with van der Waals surface area (Å²) in [5.41, 5.74) is 12.9. The zero-order valence-electron chi connectivity index (χ0n) is 28.5. The molecule has 0 saturated heterocycles. The van der Waals surface area contributed by atoms with E-state index >= 15 is 0 Å². The third kappa shape index (κ3) is 4.96. The molecule has 2 heteroatoms. The van der Waals surface area contributed by atoms with Crippen LogP contribution in [0.4, 0.5) is 11.4 Å². The van der Waals surface area contributed by atoms with Gasteiger partial charge in [0.1, 0.15) is 0 Å². The predicted octanol–water partition coefficient (Wildman–Crippen LogP) is 13.8. The van der Waals surface area contributed by atoms with Gasteiger partial charge in [-0.25, -0.2) is 0 Å². The summed E-state index contributed by atoms with van der Waals surface area (Å²) < 4.78 is 2.40. The minimum absolute atomic E-state index is 1.04. The second-order valence-electron chi connectivity index (χ2n) is 13.4. The van der Waals surface area contributed by atoms with Gasteiger partial charge >= 0.3 is 0 Å². The lowest BCUT2D eigenvalue weighted by molar-refractivity contribution is 1.18. The maximum atomic E-state index is 3.95. The van der Waals surface area contributed by atoms with Crippen LogP contribution in [0.2, 0.25) is 0 Å². The Bertz CT molecular complexity index is 2890. The van der Waals surface area contributed by atoms with Crippen LogP contribution in [0.3, 0.4) is 0 Å². The zero-order valence-corrected chi connectivity index (χ0v) is 28.5. The van der Waals surface area contributed by atoms with Crippen molar-refractivity contribution in [3.63, 3.8) is 0 Å². The average Bonchev–Trinajstić information content (AvgIpc) is 3.56. The van der Waals surface area contributed by atoms with Crippen molar-refractivity contribution in [2.45, 2.75) is 0 Å². The van der Waals surface area contributed by atoms with Crippen molar-refractivity contribution in [2.75, 3.05) is 5.32 Å². The Hall–Kier alpha value is -6.90. The highest BCUT2D eigenvalue weighted by atomic mass is 15.0. The molecule has 0 spiro atoms. The smallest absolute Gasteiger partial charge is 0.0783 e. The van der Waals surface area contributed by atoms with E-state index in [0.29, 0.717) is 0 Å². The molecule has 1 N–H and O–H groups in total. The van der Waals surface area contributed by atoms with Crippen LogP contribution < -0.4 is 5.32 Å². The molecule has 0 amide bonds. The highest BCUT2D eigenvalue weighted by Crippen LogP contribution is 2.44. The van der Waals surface area contributed by atoms with E-state index in [0.717, 1.165) is 28.1 Å². The molecule has 10 rings (SSSR count). The maximum absolute atomic E-state index is 3.95. The molecule has 0 bridgehead atoms. The number of anilines is 2. The summed E-state index contributed by atoms with van der Waals surface area (Å²) in [5, 5.41) is 11.4. The van der Waals surface area contributed by atoms with Crippen molar-refractivity contribution in [1.29, 1.82) is 0 Å². The van der Waals surface area contributed by atoms with E-state index in [1.807, 2.05) is 0 Å². The van der Waals surface area contributed by atoms with Crippen LogP contribution in [0.5, 0.6) is 0 Å². The molecule has 10 aromatic rings. The molecule has 9 aromatic carbocycles. The van der Waals surface area contributed by atoms with Gasteiger partial charge in [0, 0.05) is 27.7 Å². The van der Waals surface area contributed by atoms with Crippen LogP contribution in [-0.2, 0) is 0 Å². The first-order valence-electron chi connectivity index (χ1n) is 17.9. The van der Waals surface area contributed by atoms with Crippen molar-refractivity contribution >= 4 is 54.7 Å². The third-order valence-corrected chi connectivity index (χ3v) is 10.4. The van der Waals surface area contributed by atoms with E-state index in [4.69, 9.17) is 0 Å². The van der Waals surface area contributed by atoms with E-state index in [2.05, 4.69) is 210 Å². The fraction of sp³-hybridized carbons (Fsp3) is 0. The van der Waals surface area contributed by atoms with Gasteiger partial charge in [0.15, 0.2) is 0 Å². The highest BCUT2D eigenvalue weighted by Gasteiger charge is 2.20. The quantitative estimate of drug-likeness (QED) is 0.175. The van der Waals surface area contributed by atoms with Gasteiger partial charge in [0.05, 0.1) is 16.7 Å². The van der Waals surface area contributed by atoms with E-state index in [9.17, 15) is 0 Å². The number of nitrogens with one attached hydrogen (secondary N) is 1. The van der Waals surface area contributed by atoms with Crippen LogP contribution in [0, 0.1) is 0 Å². The summed E-state index contributed by atoms with van der Waals surface area (Å²) in [6.45, 7) is 0. The van der Waals surface area contributed by atoms with E-state index < -0.39 is 0 Å². The fourth-order valence-corrected chi connectivity index (χ4v) is 8.02. The topological polar surface area (TPSA) is 17.0 Å². The Labute approximate surface area is 302 Å². The molecule has 0 fully saturated rings. The van der Waals surface area contributed by atoms with E-state index in [1.165, 1.54) is 65.7 Å². The molecule has 0 saturated carbocycles. The maximum Gasteiger partial charge on any atom is 0.0783 e. The summed E-state index contributed by atoms with van der Waals surface area (Å²) >= 11 is 0. The van der Waals surface area contributed by atoms with Crippen molar-refractivity contribution in [2.24, 2.45) is 0 Å². The van der Waals surface area contributed by atoms with Gasteiger partial charge in [-0.1, -0.05) is 164 Å². The molecule has 2 nitrogen and oxygen atoms in total. The SMILES string of the molecule is c1ccc(-c2ccc3c4ccccc4n(-c4ccccc4)c3c2Nc2ccc(-c3c4ccccc4cc4c(-c5ccccc5)cccc34)cc2)cc1. The Morgan fingerprint density at radius 1 is 0.365 bits per heavy atom. The van der Waals surface area contributed by atoms with Gasteiger partial charge in [-0.2, -0.15) is 0 Å². The molecule has 0 aliphatic heterocycles. The summed E-state index contributed by atoms with van der Waals surface area (Å²) in [6, 6.07) is 72.2. The number of fused-ring (bicyclic) bond motifs is 5. The lowest BCUT2D eigenvalue weighted by atomic mass is 9.88. The minimum atomic E-state index is 1.04. The van der Waals surface area contributed by atoms with Crippen molar-refractivity contribution < 1.29 is 0 Å². The molecule has 0 radical (unpaired) electrons. The van der Waals surface area contributed by atoms with Gasteiger partial charge in [-0.3, -0.25) is 0 Å². The second-order valence-corrected chi connectivity index (χ2v) is 13.4. The lowest BCUT2D eigenvalue weighted by Gasteiger charge is -2.18. The molecule has 0 aliphatic carbocycles. The van der Waals surface area contributed by atoms with Gasteiger partial charge < -0.3 is 9.88 Å². The molecule has 1 aromatic heterocycles. The Kier molecular flexibility index (Phi) is 7.18. The molecule has 244 valence electrons. The van der Waals surface area contributed by atoms with Crippen LogP contribution in [0.1, 0.15) is 0 Å². The molecule has 0 unspecified atom stereocenters. The Balaban J connectivity index is 1.16. The summed E-state index contributed by atoms with van der Waals surface area (Å²) in [4.78, 5) is 0. The molecule has 0 aliphatic rings. The predicted molar refractivity (Wildman–Crippen MR) is 222 cm³/mol. The number of nitrogens with zero attached hydrogens (tertiary/aromatic N) is 1. The fourth-order valence-electron chi connectivity index (χ4n) is 8.02. The van der Waals surface area contributed by atoms with Crippen molar-refractivity contribution in [3.8, 4) is 39.1 Å². The number of para-hydroxylation sites is 2. The van der Waals surface area contributed by atoms with E-state index in [1.54, 1.807) is 0 Å². The standard InChI is InChI=1S/C50H34N2/c1-4-15-34(16-5-1)40-24-14-25-44-46(40)33-37-19-10-11-22-41(37)48(44)36-27-29-38(30-28-36)51-49-42(35-17-6-2-7-18-35)31-32-45-43-23-12-13-26-47(43)52(50(45)49)39-20-8-3-9-21-39/h1-33,51H. The summed E-state index contributed by atoms with van der Waals surface area (Å²) in [6.07, 6.45) is 0. The number of rotatable bonds is 6. The minimum Gasteiger partial charge on any atom is -0.353 e.